The summed E-state index contributed by atoms with van der Waals surface area (Å²) in [6.07, 6.45) is 8.09. The van der Waals surface area contributed by atoms with Crippen molar-refractivity contribution in [3.63, 3.8) is 0 Å². The summed E-state index contributed by atoms with van der Waals surface area (Å²) >= 11 is 0. The van der Waals surface area contributed by atoms with E-state index in [0.29, 0.717) is 59.8 Å². The van der Waals surface area contributed by atoms with Crippen LogP contribution < -0.4 is 26.6 Å². The van der Waals surface area contributed by atoms with Crippen LogP contribution in [0.15, 0.2) is 116 Å². The van der Waals surface area contributed by atoms with E-state index in [2.05, 4.69) is 40.5 Å². The summed E-state index contributed by atoms with van der Waals surface area (Å²) in [4.78, 5) is 40.3. The molecule has 2 saturated heterocycles. The second kappa shape index (κ2) is 16.7. The van der Waals surface area contributed by atoms with Crippen LogP contribution in [-0.2, 0) is 17.3 Å². The Labute approximate surface area is 406 Å². The first-order valence-corrected chi connectivity index (χ1v) is 24.4. The minimum atomic E-state index is -0.310. The van der Waals surface area contributed by atoms with Gasteiger partial charge in [-0.25, -0.2) is 28.7 Å². The summed E-state index contributed by atoms with van der Waals surface area (Å²) in [6.45, 7) is 4.74. The first kappa shape index (κ1) is 43.3. The Hall–Kier alpha value is -7.76. The van der Waals surface area contributed by atoms with Crippen LogP contribution in [0, 0.1) is 35.3 Å². The van der Waals surface area contributed by atoms with Crippen LogP contribution in [-0.4, -0.2) is 97.0 Å². The Bertz CT molecular complexity index is 3560. The molecule has 4 fully saturated rings. The zero-order valence-corrected chi connectivity index (χ0v) is 38.7. The van der Waals surface area contributed by atoms with Gasteiger partial charge >= 0.3 is 0 Å². The fourth-order valence-electron chi connectivity index (χ4n) is 12.7. The third-order valence-electron chi connectivity index (χ3n) is 16.4. The highest BCUT2D eigenvalue weighted by molar-refractivity contribution is 5.99. The van der Waals surface area contributed by atoms with E-state index in [0.717, 1.165) is 113 Å². The number of piperidine rings is 2. The number of carbonyl (C=O) groups is 1. The van der Waals surface area contributed by atoms with Crippen molar-refractivity contribution in [3.05, 3.63) is 150 Å². The average molecular weight is 949 g/mol. The molecule has 0 unspecified atom stereocenters. The van der Waals surface area contributed by atoms with Crippen LogP contribution in [0.5, 0.6) is 0 Å². The van der Waals surface area contributed by atoms with E-state index < -0.39 is 0 Å². The lowest BCUT2D eigenvalue weighted by Gasteiger charge is -2.26. The highest BCUT2D eigenvalue weighted by atomic mass is 19.1. The van der Waals surface area contributed by atoms with Crippen LogP contribution in [0.3, 0.4) is 0 Å². The fraction of sp³-hybridized carbons (Fsp3) is 0.296. The molecular formula is C54H50F2N14O. The minimum Gasteiger partial charge on any atom is -0.355 e. The minimum absolute atomic E-state index is 0.0530. The molecule has 2 aliphatic carbocycles. The van der Waals surface area contributed by atoms with Crippen LogP contribution in [0.1, 0.15) is 39.9 Å². The Morgan fingerprint density at radius 1 is 0.648 bits per heavy atom. The molecule has 2 saturated carbocycles. The molecule has 15 nitrogen and oxygen atoms in total. The largest absolute Gasteiger partial charge is 0.355 e. The topological polar surface area (TPSA) is 209 Å². The number of pyridine rings is 1. The van der Waals surface area contributed by atoms with E-state index in [9.17, 15) is 13.6 Å². The van der Waals surface area contributed by atoms with Gasteiger partial charge in [0.15, 0.2) is 0 Å². The maximum absolute atomic E-state index is 14.7. The van der Waals surface area contributed by atoms with Gasteiger partial charge in [-0.3, -0.25) is 20.0 Å². The Morgan fingerprint density at radius 2 is 1.21 bits per heavy atom. The number of nitrogens with two attached hydrogens (primary N) is 2. The van der Waals surface area contributed by atoms with E-state index >= 15 is 0 Å². The van der Waals surface area contributed by atoms with Gasteiger partial charge in [0, 0.05) is 84.9 Å². The molecule has 8 heterocycles. The highest BCUT2D eigenvalue weighted by Crippen LogP contribution is 2.64. The number of amides is 1. The number of nitrogens with one attached hydrogen (secondary N) is 3. The van der Waals surface area contributed by atoms with Gasteiger partial charge < -0.3 is 26.6 Å². The number of H-pyrrole nitrogens is 2. The number of anilines is 2. The highest BCUT2D eigenvalue weighted by Gasteiger charge is 2.67. The number of benzene rings is 4. The third-order valence-corrected chi connectivity index (χ3v) is 16.4. The summed E-state index contributed by atoms with van der Waals surface area (Å²) < 4.78 is 29.3. The van der Waals surface area contributed by atoms with Crippen molar-refractivity contribution in [3.8, 4) is 22.5 Å². The first-order chi connectivity index (χ1) is 34.8. The van der Waals surface area contributed by atoms with Gasteiger partial charge in [0.1, 0.15) is 34.3 Å². The fourth-order valence-corrected chi connectivity index (χ4v) is 12.7. The lowest BCUT2D eigenvalue weighted by Crippen LogP contribution is -2.32. The lowest BCUT2D eigenvalue weighted by atomic mass is 9.91. The van der Waals surface area contributed by atoms with Gasteiger partial charge in [-0.05, 0) is 90.0 Å². The molecule has 17 heteroatoms. The van der Waals surface area contributed by atoms with Crippen LogP contribution in [0.2, 0.25) is 0 Å². The maximum atomic E-state index is 14.7. The molecule has 14 rings (SSSR count). The van der Waals surface area contributed by atoms with Gasteiger partial charge in [0.25, 0.3) is 5.91 Å². The summed E-state index contributed by atoms with van der Waals surface area (Å²) in [6, 6.07) is 30.1. The summed E-state index contributed by atoms with van der Waals surface area (Å²) in [5.41, 5.74) is 21.9. The third kappa shape index (κ3) is 6.88. The van der Waals surface area contributed by atoms with Crippen molar-refractivity contribution in [2.45, 2.75) is 30.1 Å². The number of carbonyl (C=O) groups excluding carboxylic acids is 1. The molecule has 0 bridgehead atoms. The van der Waals surface area contributed by atoms with Gasteiger partial charge in [0.05, 0.1) is 29.3 Å². The Morgan fingerprint density at radius 3 is 1.79 bits per heavy atom. The van der Waals surface area contributed by atoms with Crippen LogP contribution in [0.4, 0.5) is 20.4 Å². The number of aromatic nitrogens is 9. The van der Waals surface area contributed by atoms with Crippen molar-refractivity contribution in [2.24, 2.45) is 35.1 Å². The molecule has 0 spiro atoms. The molecule has 1 amide bonds. The molecule has 4 aromatic carbocycles. The zero-order valence-electron chi connectivity index (χ0n) is 38.7. The van der Waals surface area contributed by atoms with Crippen molar-refractivity contribution in [1.29, 1.82) is 0 Å². The lowest BCUT2D eigenvalue weighted by molar-refractivity contribution is 0.0946. The predicted molar refractivity (Wildman–Crippen MR) is 267 cm³/mol. The van der Waals surface area contributed by atoms with Crippen molar-refractivity contribution < 1.29 is 13.6 Å². The van der Waals surface area contributed by atoms with E-state index in [1.54, 1.807) is 24.5 Å². The number of hydrogen-bond acceptors (Lipinski definition) is 12. The van der Waals surface area contributed by atoms with Crippen LogP contribution in [0.25, 0.3) is 55.7 Å². The molecule has 9 aromatic rings. The molecule has 7 N–H and O–H groups in total. The molecule has 6 atom stereocenters. The first-order valence-electron chi connectivity index (χ1n) is 24.4. The second-order valence-electron chi connectivity index (χ2n) is 19.6. The van der Waals surface area contributed by atoms with E-state index in [-0.39, 0.29) is 34.3 Å². The van der Waals surface area contributed by atoms with E-state index in [4.69, 9.17) is 31.4 Å². The summed E-state index contributed by atoms with van der Waals surface area (Å²) in [5, 5.41) is 19.0. The van der Waals surface area contributed by atoms with Gasteiger partial charge in [-0.2, -0.15) is 10.2 Å². The predicted octanol–water partition coefficient (Wildman–Crippen LogP) is 6.86. The maximum Gasteiger partial charge on any atom is 0.251 e. The smallest absolute Gasteiger partial charge is 0.251 e. The SMILES string of the molecule is NC[C@]1(c2ccccc2F)[C@@H]2CCN(c3cnc4c(-c5ccc6c(c5)C(=O)NCC6)[nH]nc4n3)C[C@@H]21.NC[C@]1(c2ccccc2F)[C@@H]2CCN(c3cnc4c(-c5ccc6cccnc6c5)[nH]nc4n3)C[C@@H]21. The van der Waals surface area contributed by atoms with E-state index in [1.807, 2.05) is 79.0 Å². The zero-order chi connectivity index (χ0) is 48.0. The number of hydrogen-bond donors (Lipinski definition) is 5. The van der Waals surface area contributed by atoms with Gasteiger partial charge in [-0.15, -0.1) is 0 Å². The normalized spacial score (nSPS) is 24.2. The molecule has 0 radical (unpaired) electrons. The molecule has 356 valence electrons. The number of fused-ring (bicyclic) bond motifs is 6. The van der Waals surface area contributed by atoms with Crippen LogP contribution >= 0.6 is 0 Å². The number of rotatable bonds is 8. The van der Waals surface area contributed by atoms with Gasteiger partial charge in [0.2, 0.25) is 11.3 Å². The standard InChI is InChI=1S/C27H26FN7O.C27H24FN7/c28-21-4-2-1-3-19(21)27(14-29)18-8-10-35(13-20(18)27)22-12-31-24-23(33-34-25(24)32-22)16-6-5-15-7-9-30-26(36)17(15)11-16;28-21-6-2-1-5-19(21)27(15-29)18-9-11-35(14-20(18)27)23-13-31-25-24(33-34-26(25)32-23)17-8-7-16-4-3-10-30-22(16)12-17/h1-6,11-12,18,20H,7-10,13-14,29H2,(H,30,36)(H,32,33,34);1-8,10,12-13,18,20H,9,11,14-15,29H2,(H,32,33,34)/t2*18-,20+,27-/m11/s1. The molecular weight excluding hydrogens is 899 g/mol. The quantitative estimate of drug-likeness (QED) is 0.106. The van der Waals surface area contributed by atoms with Crippen molar-refractivity contribution in [1.82, 2.24) is 50.6 Å². The monoisotopic (exact) mass is 948 g/mol. The summed E-state index contributed by atoms with van der Waals surface area (Å²) in [5.74, 6) is 2.53. The van der Waals surface area contributed by atoms with Crippen molar-refractivity contribution in [2.75, 3.05) is 55.6 Å². The Balaban J connectivity index is 0.000000139. The molecule has 3 aliphatic heterocycles. The number of halogens is 2. The summed E-state index contributed by atoms with van der Waals surface area (Å²) in [7, 11) is 0. The molecule has 5 aliphatic rings. The van der Waals surface area contributed by atoms with Gasteiger partial charge in [-0.1, -0.05) is 66.7 Å². The number of nitrogens with zero attached hydrogens (tertiary/aromatic N) is 9. The second-order valence-corrected chi connectivity index (χ2v) is 19.6. The van der Waals surface area contributed by atoms with E-state index in [1.165, 1.54) is 12.1 Å². The molecule has 71 heavy (non-hydrogen) atoms. The number of aromatic amines is 2. The average Bonchev–Trinajstić information content (AvgIpc) is 4.09. The molecule has 5 aromatic heterocycles. The van der Waals surface area contributed by atoms with Crippen molar-refractivity contribution >= 4 is 50.8 Å². The Kier molecular flexibility index (Phi) is 10.2.